The second-order valence-corrected chi connectivity index (χ2v) is 6.10. The number of carbonyl (C=O) groups excluding carboxylic acids is 1. The van der Waals surface area contributed by atoms with Crippen molar-refractivity contribution in [3.05, 3.63) is 65.9 Å². The third-order valence-electron chi connectivity index (χ3n) is 3.69. The number of benzene rings is 1. The van der Waals surface area contributed by atoms with E-state index < -0.39 is 0 Å². The highest BCUT2D eigenvalue weighted by Crippen LogP contribution is 2.22. The van der Waals surface area contributed by atoms with Crippen molar-refractivity contribution in [2.24, 2.45) is 0 Å². The van der Waals surface area contributed by atoms with Gasteiger partial charge in [-0.1, -0.05) is 11.8 Å². The van der Waals surface area contributed by atoms with Gasteiger partial charge in [0.15, 0.2) is 5.16 Å². The number of nitrogens with zero attached hydrogens (tertiary/aromatic N) is 3. The Hall–Kier alpha value is -2.87. The fraction of sp³-hybridized carbons (Fsp3) is 0.167. The molecule has 3 aromatic rings. The predicted molar refractivity (Wildman–Crippen MR) is 97.3 cm³/mol. The Balaban J connectivity index is 1.83. The van der Waals surface area contributed by atoms with Crippen LogP contribution in [0.15, 0.2) is 53.9 Å². The van der Waals surface area contributed by atoms with E-state index >= 15 is 0 Å². The number of aromatic nitrogens is 3. The van der Waals surface area contributed by atoms with Crippen molar-refractivity contribution >= 4 is 17.7 Å². The van der Waals surface area contributed by atoms with E-state index in [1.807, 2.05) is 6.26 Å². The number of imidazole rings is 1. The van der Waals surface area contributed by atoms with E-state index in [1.54, 1.807) is 35.0 Å². The Morgan fingerprint density at radius 2 is 2.04 bits per heavy atom. The fourth-order valence-electron chi connectivity index (χ4n) is 2.42. The molecule has 0 saturated carbocycles. The molecule has 0 bridgehead atoms. The van der Waals surface area contributed by atoms with Gasteiger partial charge in [-0.05, 0) is 42.2 Å². The van der Waals surface area contributed by atoms with Crippen molar-refractivity contribution < 1.29 is 13.9 Å². The number of pyridine rings is 1. The SMILES string of the molecule is COc1cc(CNC(=O)c2cnc(SC)n2-c2ccc(F)cc2)ccn1. The maximum absolute atomic E-state index is 13.2. The average Bonchev–Trinajstić information content (AvgIpc) is 3.11. The molecule has 2 heterocycles. The Morgan fingerprint density at radius 1 is 1.27 bits per heavy atom. The average molecular weight is 372 g/mol. The lowest BCUT2D eigenvalue weighted by Gasteiger charge is -2.11. The second-order valence-electron chi connectivity index (χ2n) is 5.33. The summed E-state index contributed by atoms with van der Waals surface area (Å²) in [4.78, 5) is 21.0. The predicted octanol–water partition coefficient (Wildman–Crippen LogP) is 3.07. The monoisotopic (exact) mass is 372 g/mol. The molecule has 26 heavy (non-hydrogen) atoms. The van der Waals surface area contributed by atoms with E-state index in [0.29, 0.717) is 29.0 Å². The molecule has 0 unspecified atom stereocenters. The van der Waals surface area contributed by atoms with Gasteiger partial charge in [0.2, 0.25) is 5.88 Å². The lowest BCUT2D eigenvalue weighted by Crippen LogP contribution is -2.25. The summed E-state index contributed by atoms with van der Waals surface area (Å²) in [6, 6.07) is 9.48. The van der Waals surface area contributed by atoms with Crippen molar-refractivity contribution in [2.45, 2.75) is 11.7 Å². The molecule has 0 fully saturated rings. The molecule has 0 aliphatic heterocycles. The zero-order valence-corrected chi connectivity index (χ0v) is 15.1. The molecule has 6 nitrogen and oxygen atoms in total. The number of amides is 1. The minimum Gasteiger partial charge on any atom is -0.481 e. The van der Waals surface area contributed by atoms with Crippen LogP contribution in [0.1, 0.15) is 16.1 Å². The zero-order chi connectivity index (χ0) is 18.5. The van der Waals surface area contributed by atoms with E-state index in [9.17, 15) is 9.18 Å². The van der Waals surface area contributed by atoms with E-state index in [0.717, 1.165) is 5.56 Å². The van der Waals surface area contributed by atoms with Crippen molar-refractivity contribution in [3.8, 4) is 11.6 Å². The second kappa shape index (κ2) is 8.01. The van der Waals surface area contributed by atoms with Gasteiger partial charge >= 0.3 is 0 Å². The van der Waals surface area contributed by atoms with E-state index in [2.05, 4.69) is 15.3 Å². The summed E-state index contributed by atoms with van der Waals surface area (Å²) in [5.74, 6) is -0.132. The third kappa shape index (κ3) is 3.85. The normalized spacial score (nSPS) is 10.6. The number of carbonyl (C=O) groups is 1. The minimum absolute atomic E-state index is 0.280. The summed E-state index contributed by atoms with van der Waals surface area (Å²) in [5.41, 5.74) is 1.91. The van der Waals surface area contributed by atoms with Gasteiger partial charge in [0, 0.05) is 24.5 Å². The summed E-state index contributed by atoms with van der Waals surface area (Å²) >= 11 is 1.41. The smallest absolute Gasteiger partial charge is 0.270 e. The van der Waals surface area contributed by atoms with E-state index in [1.165, 1.54) is 37.2 Å². The molecule has 134 valence electrons. The molecule has 1 amide bonds. The first-order chi connectivity index (χ1) is 12.6. The summed E-state index contributed by atoms with van der Waals surface area (Å²) in [5, 5.41) is 3.50. The van der Waals surface area contributed by atoms with Crippen LogP contribution in [0.5, 0.6) is 5.88 Å². The van der Waals surface area contributed by atoms with Crippen LogP contribution < -0.4 is 10.1 Å². The summed E-state index contributed by atoms with van der Waals surface area (Å²) in [6.07, 6.45) is 5.00. The highest BCUT2D eigenvalue weighted by Gasteiger charge is 2.17. The third-order valence-corrected chi connectivity index (χ3v) is 4.34. The lowest BCUT2D eigenvalue weighted by molar-refractivity contribution is 0.0943. The van der Waals surface area contributed by atoms with E-state index in [4.69, 9.17) is 4.74 Å². The quantitative estimate of drug-likeness (QED) is 0.674. The molecule has 8 heteroatoms. The molecular formula is C18H17FN4O2S. The van der Waals surface area contributed by atoms with Crippen LogP contribution >= 0.6 is 11.8 Å². The van der Waals surface area contributed by atoms with Gasteiger partial charge in [0.05, 0.1) is 13.3 Å². The van der Waals surface area contributed by atoms with Gasteiger partial charge in [-0.3, -0.25) is 9.36 Å². The highest BCUT2D eigenvalue weighted by atomic mass is 32.2. The summed E-state index contributed by atoms with van der Waals surface area (Å²) in [7, 11) is 1.54. The van der Waals surface area contributed by atoms with Crippen molar-refractivity contribution in [1.82, 2.24) is 19.9 Å². The lowest BCUT2D eigenvalue weighted by atomic mass is 10.2. The topological polar surface area (TPSA) is 69.0 Å². The molecule has 0 aliphatic carbocycles. The summed E-state index contributed by atoms with van der Waals surface area (Å²) in [6.45, 7) is 0.320. The first-order valence-corrected chi connectivity index (χ1v) is 8.99. The Bertz CT molecular complexity index is 912. The maximum Gasteiger partial charge on any atom is 0.270 e. The van der Waals surface area contributed by atoms with Gasteiger partial charge in [-0.2, -0.15) is 0 Å². The Labute approximate surface area is 154 Å². The summed E-state index contributed by atoms with van der Waals surface area (Å²) < 4.78 is 20.0. The highest BCUT2D eigenvalue weighted by molar-refractivity contribution is 7.98. The van der Waals surface area contributed by atoms with Crippen LogP contribution in [0.3, 0.4) is 0 Å². The number of hydrogen-bond donors (Lipinski definition) is 1. The van der Waals surface area contributed by atoms with Crippen LogP contribution in [-0.4, -0.2) is 33.8 Å². The molecule has 1 aromatic carbocycles. The number of rotatable bonds is 6. The van der Waals surface area contributed by atoms with Crippen molar-refractivity contribution in [3.63, 3.8) is 0 Å². The molecule has 1 N–H and O–H groups in total. The molecule has 2 aromatic heterocycles. The number of ether oxygens (including phenoxy) is 1. The van der Waals surface area contributed by atoms with Gasteiger partial charge < -0.3 is 10.1 Å². The van der Waals surface area contributed by atoms with Crippen LogP contribution in [0.2, 0.25) is 0 Å². The first kappa shape index (κ1) is 17.9. The number of nitrogens with one attached hydrogen (secondary N) is 1. The zero-order valence-electron chi connectivity index (χ0n) is 14.3. The number of halogens is 1. The molecule has 0 aliphatic rings. The Kier molecular flexibility index (Phi) is 5.52. The molecular weight excluding hydrogens is 355 g/mol. The fourth-order valence-corrected chi connectivity index (χ4v) is 2.97. The molecule has 0 radical (unpaired) electrons. The standard InChI is InChI=1S/C18H17FN4O2S/c1-25-16-9-12(7-8-20-16)10-21-17(24)15-11-22-18(26-2)23(15)14-5-3-13(19)4-6-14/h3-9,11H,10H2,1-2H3,(H,21,24). The first-order valence-electron chi connectivity index (χ1n) is 7.77. The van der Waals surface area contributed by atoms with Crippen LogP contribution in [0.4, 0.5) is 4.39 Å². The van der Waals surface area contributed by atoms with E-state index in [-0.39, 0.29) is 11.7 Å². The van der Waals surface area contributed by atoms with Crippen LogP contribution in [0.25, 0.3) is 5.69 Å². The van der Waals surface area contributed by atoms with Crippen LogP contribution in [0, 0.1) is 5.82 Å². The van der Waals surface area contributed by atoms with Crippen molar-refractivity contribution in [1.29, 1.82) is 0 Å². The Morgan fingerprint density at radius 3 is 2.73 bits per heavy atom. The minimum atomic E-state index is -0.336. The van der Waals surface area contributed by atoms with Gasteiger partial charge in [-0.25, -0.2) is 14.4 Å². The molecule has 0 saturated heterocycles. The number of methoxy groups -OCH3 is 1. The van der Waals surface area contributed by atoms with Gasteiger partial charge in [-0.15, -0.1) is 0 Å². The molecule has 0 spiro atoms. The number of thioether (sulfide) groups is 1. The maximum atomic E-state index is 13.2. The number of hydrogen-bond acceptors (Lipinski definition) is 5. The van der Waals surface area contributed by atoms with Crippen LogP contribution in [-0.2, 0) is 6.54 Å². The van der Waals surface area contributed by atoms with Gasteiger partial charge in [0.25, 0.3) is 5.91 Å². The largest absolute Gasteiger partial charge is 0.481 e. The molecule has 0 atom stereocenters. The van der Waals surface area contributed by atoms with Crippen molar-refractivity contribution in [2.75, 3.05) is 13.4 Å². The molecule has 3 rings (SSSR count). The van der Waals surface area contributed by atoms with Gasteiger partial charge in [0.1, 0.15) is 11.5 Å².